The summed E-state index contributed by atoms with van der Waals surface area (Å²) in [5.74, 6) is 0.783. The fourth-order valence-corrected chi connectivity index (χ4v) is 4.97. The van der Waals surface area contributed by atoms with Crippen LogP contribution in [0.2, 0.25) is 0 Å². The van der Waals surface area contributed by atoms with Crippen molar-refractivity contribution < 1.29 is 14.2 Å². The van der Waals surface area contributed by atoms with Gasteiger partial charge in [-0.25, -0.2) is 0 Å². The molecule has 0 spiro atoms. The lowest BCUT2D eigenvalue weighted by atomic mass is 9.80. The van der Waals surface area contributed by atoms with Crippen LogP contribution in [0.1, 0.15) is 66.2 Å². The Morgan fingerprint density at radius 2 is 1.17 bits per heavy atom. The maximum absolute atomic E-state index is 6.98. The maximum Gasteiger partial charge on any atom is 0.0966 e. The van der Waals surface area contributed by atoms with Gasteiger partial charge in [-0.2, -0.15) is 0 Å². The Morgan fingerprint density at radius 1 is 0.793 bits per heavy atom. The summed E-state index contributed by atoms with van der Waals surface area (Å²) in [6.45, 7) is 18.3. The molecule has 3 nitrogen and oxygen atoms in total. The number of rotatable bonds is 16. The smallest absolute Gasteiger partial charge is 0.0966 e. The van der Waals surface area contributed by atoms with E-state index in [1.807, 2.05) is 24.3 Å². The second-order valence-corrected chi connectivity index (χ2v) is 8.46. The average molecular weight is 403 g/mol. The zero-order valence-electron chi connectivity index (χ0n) is 19.1. The lowest BCUT2D eigenvalue weighted by Crippen LogP contribution is -2.43. The lowest BCUT2D eigenvalue weighted by Gasteiger charge is -2.37. The van der Waals surface area contributed by atoms with Gasteiger partial charge in [0.05, 0.1) is 36.6 Å². The predicted octanol–water partition coefficient (Wildman–Crippen LogP) is 6.42. The molecule has 6 unspecified atom stereocenters. The molecule has 0 bridgehead atoms. The highest BCUT2D eigenvalue weighted by atomic mass is 16.6. The van der Waals surface area contributed by atoms with Crippen LogP contribution in [-0.4, -0.2) is 36.6 Å². The monoisotopic (exact) mass is 402 g/mol. The highest BCUT2D eigenvalue weighted by Gasteiger charge is 2.55. The van der Waals surface area contributed by atoms with E-state index in [0.717, 1.165) is 51.7 Å². The van der Waals surface area contributed by atoms with Crippen molar-refractivity contribution in [2.24, 2.45) is 11.8 Å². The molecule has 0 saturated carbocycles. The van der Waals surface area contributed by atoms with Gasteiger partial charge in [0.15, 0.2) is 0 Å². The van der Waals surface area contributed by atoms with Gasteiger partial charge in [-0.05, 0) is 38.5 Å². The van der Waals surface area contributed by atoms with Gasteiger partial charge >= 0.3 is 0 Å². The Hall–Kier alpha value is -1.16. The molecule has 2 aliphatic heterocycles. The van der Waals surface area contributed by atoms with Crippen LogP contribution in [-0.2, 0) is 14.2 Å². The summed E-state index contributed by atoms with van der Waals surface area (Å²) in [7, 11) is 0. The maximum atomic E-state index is 6.98. The second kappa shape index (κ2) is 11.3. The van der Waals surface area contributed by atoms with Crippen LogP contribution in [0.3, 0.4) is 0 Å². The van der Waals surface area contributed by atoms with Gasteiger partial charge in [-0.1, -0.05) is 77.3 Å². The third-order valence-corrected chi connectivity index (χ3v) is 6.99. The predicted molar refractivity (Wildman–Crippen MR) is 122 cm³/mol. The molecule has 164 valence electrons. The zero-order chi connectivity index (χ0) is 21.3. The number of hydrogen-bond donors (Lipinski definition) is 0. The molecule has 0 aromatic rings. The Balaban J connectivity index is 2.26. The Kier molecular flexibility index (Phi) is 9.39. The summed E-state index contributed by atoms with van der Waals surface area (Å²) in [6.07, 6.45) is 18.3. The van der Waals surface area contributed by atoms with Crippen molar-refractivity contribution in [1.82, 2.24) is 0 Å². The number of epoxide rings is 2. The summed E-state index contributed by atoms with van der Waals surface area (Å²) < 4.78 is 18.9. The third kappa shape index (κ3) is 5.93. The molecule has 2 aliphatic rings. The molecule has 3 heteroatoms. The average Bonchev–Trinajstić information content (AvgIpc) is 3.65. The van der Waals surface area contributed by atoms with Crippen LogP contribution in [0, 0.1) is 11.8 Å². The molecule has 0 aromatic carbocycles. The van der Waals surface area contributed by atoms with E-state index in [0.29, 0.717) is 11.8 Å². The van der Waals surface area contributed by atoms with E-state index in [9.17, 15) is 0 Å². The van der Waals surface area contributed by atoms with Crippen molar-refractivity contribution in [2.45, 2.75) is 89.6 Å². The van der Waals surface area contributed by atoms with E-state index in [1.54, 1.807) is 0 Å². The van der Waals surface area contributed by atoms with Crippen molar-refractivity contribution in [3.05, 3.63) is 49.6 Å². The molecule has 29 heavy (non-hydrogen) atoms. The van der Waals surface area contributed by atoms with Gasteiger partial charge in [0, 0.05) is 11.8 Å². The SMILES string of the molecule is C=CC=CCC(OC(CC=CC=C)C(CC)C1(CC)CO1)C(CC)C1(CC)CO1. The van der Waals surface area contributed by atoms with Crippen molar-refractivity contribution in [1.29, 1.82) is 0 Å². The van der Waals surface area contributed by atoms with E-state index in [4.69, 9.17) is 14.2 Å². The largest absolute Gasteiger partial charge is 0.374 e. The van der Waals surface area contributed by atoms with Gasteiger partial charge in [0.1, 0.15) is 0 Å². The molecule has 0 radical (unpaired) electrons. The summed E-state index contributed by atoms with van der Waals surface area (Å²) in [5.41, 5.74) is -0.0215. The van der Waals surface area contributed by atoms with E-state index >= 15 is 0 Å². The molecule has 0 aromatic heterocycles. The van der Waals surface area contributed by atoms with Crippen molar-refractivity contribution in [2.75, 3.05) is 13.2 Å². The fourth-order valence-electron chi connectivity index (χ4n) is 4.97. The van der Waals surface area contributed by atoms with Gasteiger partial charge in [0.2, 0.25) is 0 Å². The quantitative estimate of drug-likeness (QED) is 0.221. The minimum atomic E-state index is -0.0107. The molecule has 0 N–H and O–H groups in total. The fraction of sp³-hybridized carbons (Fsp3) is 0.692. The van der Waals surface area contributed by atoms with Crippen LogP contribution in [0.25, 0.3) is 0 Å². The van der Waals surface area contributed by atoms with Crippen molar-refractivity contribution >= 4 is 0 Å². The molecular formula is C26H42O3. The summed E-state index contributed by atoms with van der Waals surface area (Å²) >= 11 is 0. The van der Waals surface area contributed by atoms with Crippen LogP contribution in [0.15, 0.2) is 49.6 Å². The van der Waals surface area contributed by atoms with Gasteiger partial charge in [0.25, 0.3) is 0 Å². The summed E-state index contributed by atoms with van der Waals surface area (Å²) in [5, 5.41) is 0. The Bertz CT molecular complexity index is 519. The normalized spacial score (nSPS) is 30.2. The van der Waals surface area contributed by atoms with Gasteiger partial charge in [-0.3, -0.25) is 0 Å². The first-order chi connectivity index (χ1) is 14.1. The van der Waals surface area contributed by atoms with E-state index < -0.39 is 0 Å². The zero-order valence-corrected chi connectivity index (χ0v) is 19.1. The van der Waals surface area contributed by atoms with Crippen LogP contribution >= 0.6 is 0 Å². The Labute approximate surface area is 178 Å². The first-order valence-corrected chi connectivity index (χ1v) is 11.5. The van der Waals surface area contributed by atoms with E-state index in [1.165, 1.54) is 0 Å². The molecule has 0 amide bonds. The second-order valence-electron chi connectivity index (χ2n) is 8.46. The molecule has 0 aliphatic carbocycles. The molecular weight excluding hydrogens is 360 g/mol. The molecule has 2 rings (SSSR count). The number of hydrogen-bond acceptors (Lipinski definition) is 3. The highest BCUT2D eigenvalue weighted by molar-refractivity contribution is 5.07. The molecule has 6 atom stereocenters. The topological polar surface area (TPSA) is 34.3 Å². The minimum absolute atomic E-state index is 0.0107. The van der Waals surface area contributed by atoms with Crippen molar-refractivity contribution in [3.8, 4) is 0 Å². The molecule has 2 saturated heterocycles. The van der Waals surface area contributed by atoms with Crippen LogP contribution in [0.4, 0.5) is 0 Å². The first-order valence-electron chi connectivity index (χ1n) is 11.5. The third-order valence-electron chi connectivity index (χ3n) is 6.99. The van der Waals surface area contributed by atoms with Crippen LogP contribution in [0.5, 0.6) is 0 Å². The standard InChI is InChI=1S/C26H42O3/c1-7-13-15-17-23(21(9-3)25(11-5)19-27-25)29-24(18-16-14-8-2)22(10-4)26(12-6)20-28-26/h7-8,13-16,21-24H,1-2,9-12,17-20H2,3-6H3. The first kappa shape index (κ1) is 24.1. The summed E-state index contributed by atoms with van der Waals surface area (Å²) in [6, 6.07) is 0. The molecule has 2 heterocycles. The van der Waals surface area contributed by atoms with Gasteiger partial charge in [-0.15, -0.1) is 0 Å². The lowest BCUT2D eigenvalue weighted by molar-refractivity contribution is -0.0959. The van der Waals surface area contributed by atoms with E-state index in [2.05, 4.69) is 53.0 Å². The van der Waals surface area contributed by atoms with Crippen molar-refractivity contribution in [3.63, 3.8) is 0 Å². The highest BCUT2D eigenvalue weighted by Crippen LogP contribution is 2.47. The summed E-state index contributed by atoms with van der Waals surface area (Å²) in [4.78, 5) is 0. The van der Waals surface area contributed by atoms with Crippen LogP contribution < -0.4 is 0 Å². The minimum Gasteiger partial charge on any atom is -0.374 e. The number of ether oxygens (including phenoxy) is 3. The van der Waals surface area contributed by atoms with E-state index in [-0.39, 0.29) is 23.4 Å². The molecule has 2 fully saturated rings. The number of allylic oxidation sites excluding steroid dienone is 4. The van der Waals surface area contributed by atoms with Gasteiger partial charge < -0.3 is 14.2 Å². The Morgan fingerprint density at radius 3 is 1.41 bits per heavy atom.